The summed E-state index contributed by atoms with van der Waals surface area (Å²) < 4.78 is 10.3. The molecule has 0 aliphatic carbocycles. The first kappa shape index (κ1) is 23.7. The molecule has 3 rings (SSSR count). The molecule has 8 nitrogen and oxygen atoms in total. The fourth-order valence-electron chi connectivity index (χ4n) is 3.83. The predicted octanol–water partition coefficient (Wildman–Crippen LogP) is 2.17. The maximum absolute atomic E-state index is 13.0. The highest BCUT2D eigenvalue weighted by molar-refractivity contribution is 7.12. The lowest BCUT2D eigenvalue weighted by Gasteiger charge is -2.36. The van der Waals surface area contributed by atoms with Crippen molar-refractivity contribution in [2.75, 3.05) is 40.5 Å². The summed E-state index contributed by atoms with van der Waals surface area (Å²) in [6.45, 7) is 1.76. The van der Waals surface area contributed by atoms with Crippen LogP contribution in [0.2, 0.25) is 0 Å². The molecule has 1 aliphatic rings. The van der Waals surface area contributed by atoms with Crippen molar-refractivity contribution >= 4 is 29.1 Å². The summed E-state index contributed by atoms with van der Waals surface area (Å²) in [6.07, 6.45) is 1.21. The Bertz CT molecular complexity index is 910. The van der Waals surface area contributed by atoms with Crippen molar-refractivity contribution in [3.8, 4) is 5.75 Å². The molecule has 0 saturated carbocycles. The Hall–Kier alpha value is -2.91. The van der Waals surface area contributed by atoms with Gasteiger partial charge in [0.15, 0.2) is 0 Å². The Labute approximate surface area is 191 Å². The van der Waals surface area contributed by atoms with Crippen LogP contribution in [0.5, 0.6) is 5.75 Å². The predicted molar refractivity (Wildman–Crippen MR) is 122 cm³/mol. The molecule has 0 unspecified atom stereocenters. The van der Waals surface area contributed by atoms with Crippen LogP contribution >= 0.6 is 11.3 Å². The maximum atomic E-state index is 13.0. The SMILES string of the molecule is COCCNC(=O)[C@@H](NC(=O)c1cccs1)C1CCN(C(=O)c2ccccc2OC)CC1. The van der Waals surface area contributed by atoms with E-state index in [9.17, 15) is 14.4 Å². The first-order valence-corrected chi connectivity index (χ1v) is 11.5. The Morgan fingerprint density at radius 2 is 1.88 bits per heavy atom. The van der Waals surface area contributed by atoms with Crippen LogP contribution in [-0.4, -0.2) is 69.1 Å². The minimum absolute atomic E-state index is 0.0804. The van der Waals surface area contributed by atoms with Crippen molar-refractivity contribution in [3.63, 3.8) is 0 Å². The average molecular weight is 460 g/mol. The molecule has 0 spiro atoms. The molecule has 0 radical (unpaired) electrons. The smallest absolute Gasteiger partial charge is 0.262 e. The zero-order valence-corrected chi connectivity index (χ0v) is 19.2. The van der Waals surface area contributed by atoms with Crippen LogP contribution in [0.4, 0.5) is 0 Å². The first-order valence-electron chi connectivity index (χ1n) is 10.6. The van der Waals surface area contributed by atoms with E-state index in [4.69, 9.17) is 9.47 Å². The van der Waals surface area contributed by atoms with E-state index in [1.165, 1.54) is 11.3 Å². The van der Waals surface area contributed by atoms with Gasteiger partial charge < -0.3 is 25.0 Å². The zero-order chi connectivity index (χ0) is 22.9. The number of nitrogens with zero attached hydrogens (tertiary/aromatic N) is 1. The van der Waals surface area contributed by atoms with Gasteiger partial charge in [-0.1, -0.05) is 18.2 Å². The second-order valence-corrected chi connectivity index (χ2v) is 8.49. The summed E-state index contributed by atoms with van der Waals surface area (Å²) in [5.74, 6) is -0.132. The van der Waals surface area contributed by atoms with E-state index >= 15 is 0 Å². The van der Waals surface area contributed by atoms with Gasteiger partial charge >= 0.3 is 0 Å². The second-order valence-electron chi connectivity index (χ2n) is 7.54. The lowest BCUT2D eigenvalue weighted by molar-refractivity contribution is -0.124. The maximum Gasteiger partial charge on any atom is 0.262 e. The minimum atomic E-state index is -0.676. The molecule has 32 heavy (non-hydrogen) atoms. The van der Waals surface area contributed by atoms with Crippen LogP contribution in [0.3, 0.4) is 0 Å². The fourth-order valence-corrected chi connectivity index (χ4v) is 4.46. The fraction of sp³-hybridized carbons (Fsp3) is 0.435. The zero-order valence-electron chi connectivity index (χ0n) is 18.3. The van der Waals surface area contributed by atoms with Crippen LogP contribution < -0.4 is 15.4 Å². The number of piperidine rings is 1. The molecule has 0 bridgehead atoms. The number of para-hydroxylation sites is 1. The molecule has 1 aromatic carbocycles. The van der Waals surface area contributed by atoms with Gasteiger partial charge in [0.25, 0.3) is 11.8 Å². The highest BCUT2D eigenvalue weighted by Gasteiger charge is 2.34. The van der Waals surface area contributed by atoms with Gasteiger partial charge in [-0.25, -0.2) is 0 Å². The number of amides is 3. The van der Waals surface area contributed by atoms with Crippen LogP contribution in [0, 0.1) is 5.92 Å². The number of hydrogen-bond donors (Lipinski definition) is 2. The number of carbonyl (C=O) groups is 3. The second kappa shape index (κ2) is 11.6. The van der Waals surface area contributed by atoms with E-state index in [0.29, 0.717) is 55.3 Å². The van der Waals surface area contributed by atoms with E-state index in [2.05, 4.69) is 10.6 Å². The van der Waals surface area contributed by atoms with E-state index in [0.717, 1.165) is 0 Å². The molecule has 172 valence electrons. The molecule has 1 fully saturated rings. The summed E-state index contributed by atoms with van der Waals surface area (Å²) in [6, 6.07) is 10.0. The van der Waals surface area contributed by atoms with E-state index in [1.54, 1.807) is 43.4 Å². The van der Waals surface area contributed by atoms with Crippen molar-refractivity contribution in [3.05, 3.63) is 52.2 Å². The minimum Gasteiger partial charge on any atom is -0.496 e. The van der Waals surface area contributed by atoms with Gasteiger partial charge in [-0.3, -0.25) is 14.4 Å². The third-order valence-electron chi connectivity index (χ3n) is 5.56. The van der Waals surface area contributed by atoms with E-state index < -0.39 is 6.04 Å². The number of ether oxygens (including phenoxy) is 2. The number of methoxy groups -OCH3 is 2. The normalized spacial score (nSPS) is 15.1. The average Bonchev–Trinajstić information content (AvgIpc) is 3.37. The Balaban J connectivity index is 1.66. The Kier molecular flexibility index (Phi) is 8.64. The van der Waals surface area contributed by atoms with Gasteiger partial charge in [0, 0.05) is 26.7 Å². The number of thiophene rings is 1. The third kappa shape index (κ3) is 5.86. The topological polar surface area (TPSA) is 97.0 Å². The van der Waals surface area contributed by atoms with Gasteiger partial charge in [0.05, 0.1) is 24.2 Å². The quantitative estimate of drug-likeness (QED) is 0.560. The van der Waals surface area contributed by atoms with Crippen molar-refractivity contribution in [2.45, 2.75) is 18.9 Å². The molecule has 9 heteroatoms. The lowest BCUT2D eigenvalue weighted by atomic mass is 9.88. The monoisotopic (exact) mass is 459 g/mol. The van der Waals surface area contributed by atoms with Gasteiger partial charge in [0.1, 0.15) is 11.8 Å². The molecule has 2 aromatic rings. The van der Waals surface area contributed by atoms with Crippen molar-refractivity contribution < 1.29 is 23.9 Å². The summed E-state index contributed by atoms with van der Waals surface area (Å²) in [7, 11) is 3.11. The molecule has 2 heterocycles. The number of benzene rings is 1. The molecular formula is C23H29N3O5S. The van der Waals surface area contributed by atoms with Crippen LogP contribution in [0.25, 0.3) is 0 Å². The van der Waals surface area contributed by atoms with Crippen LogP contribution in [-0.2, 0) is 9.53 Å². The van der Waals surface area contributed by atoms with Gasteiger partial charge in [-0.2, -0.15) is 0 Å². The molecule has 1 saturated heterocycles. The summed E-state index contributed by atoms with van der Waals surface area (Å²) in [5, 5.41) is 7.56. The number of rotatable bonds is 9. The number of hydrogen-bond acceptors (Lipinski definition) is 6. The number of carbonyl (C=O) groups excluding carboxylic acids is 3. The van der Waals surface area contributed by atoms with Gasteiger partial charge in [-0.15, -0.1) is 11.3 Å². The van der Waals surface area contributed by atoms with Crippen molar-refractivity contribution in [1.29, 1.82) is 0 Å². The molecular weight excluding hydrogens is 430 g/mol. The molecule has 3 amide bonds. The van der Waals surface area contributed by atoms with E-state index in [1.807, 2.05) is 17.5 Å². The molecule has 1 aliphatic heterocycles. The summed E-state index contributed by atoms with van der Waals surface area (Å²) >= 11 is 1.33. The Morgan fingerprint density at radius 1 is 1.12 bits per heavy atom. The third-order valence-corrected chi connectivity index (χ3v) is 6.42. The highest BCUT2D eigenvalue weighted by Crippen LogP contribution is 2.26. The number of nitrogens with one attached hydrogen (secondary N) is 2. The Morgan fingerprint density at radius 3 is 2.53 bits per heavy atom. The highest BCUT2D eigenvalue weighted by atomic mass is 32.1. The first-order chi connectivity index (χ1) is 15.5. The van der Waals surface area contributed by atoms with Crippen molar-refractivity contribution in [2.24, 2.45) is 5.92 Å². The molecule has 2 N–H and O–H groups in total. The van der Waals surface area contributed by atoms with E-state index in [-0.39, 0.29) is 23.6 Å². The number of likely N-dealkylation sites (tertiary alicyclic amines) is 1. The lowest BCUT2D eigenvalue weighted by Crippen LogP contribution is -2.54. The van der Waals surface area contributed by atoms with Crippen LogP contribution in [0.15, 0.2) is 41.8 Å². The summed E-state index contributed by atoms with van der Waals surface area (Å²) in [5.41, 5.74) is 0.522. The summed E-state index contributed by atoms with van der Waals surface area (Å²) in [4.78, 5) is 40.8. The van der Waals surface area contributed by atoms with Crippen LogP contribution in [0.1, 0.15) is 32.9 Å². The molecule has 1 atom stereocenters. The molecule has 1 aromatic heterocycles. The van der Waals surface area contributed by atoms with Gasteiger partial charge in [0.2, 0.25) is 5.91 Å². The standard InChI is InChI=1S/C23H29N3O5S/c1-30-14-11-24-22(28)20(25-21(27)19-8-5-15-32-19)16-9-12-26(13-10-16)23(29)17-6-3-4-7-18(17)31-2/h3-8,15-16,20H,9-14H2,1-2H3,(H,24,28)(H,25,27)/t20-/m0/s1. The van der Waals surface area contributed by atoms with Crippen molar-refractivity contribution in [1.82, 2.24) is 15.5 Å². The van der Waals surface area contributed by atoms with Gasteiger partial charge in [-0.05, 0) is 42.3 Å². The largest absolute Gasteiger partial charge is 0.496 e.